The van der Waals surface area contributed by atoms with Crippen LogP contribution in [0.5, 0.6) is 5.75 Å². The number of hydrazine groups is 1. The summed E-state index contributed by atoms with van der Waals surface area (Å²) in [6.45, 7) is 5.77. The van der Waals surface area contributed by atoms with Gasteiger partial charge < -0.3 is 14.7 Å². The number of hydrogen-bond donors (Lipinski definition) is 2. The van der Waals surface area contributed by atoms with Crippen LogP contribution in [0.25, 0.3) is 0 Å². The molecule has 3 rings (SSSR count). The molecular formula is C15H23N3O2. The Morgan fingerprint density at radius 2 is 1.95 bits per heavy atom. The number of benzene rings is 1. The van der Waals surface area contributed by atoms with Gasteiger partial charge in [-0.25, -0.2) is 5.01 Å². The highest BCUT2D eigenvalue weighted by Gasteiger charge is 2.22. The van der Waals surface area contributed by atoms with Crippen LogP contribution in [0.1, 0.15) is 18.1 Å². The van der Waals surface area contributed by atoms with E-state index in [1.54, 1.807) is 0 Å². The summed E-state index contributed by atoms with van der Waals surface area (Å²) in [6.07, 6.45) is 1.61. The Labute approximate surface area is 119 Å². The van der Waals surface area contributed by atoms with Crippen LogP contribution in [0.4, 0.5) is 5.69 Å². The normalized spacial score (nSPS) is 20.6. The minimum atomic E-state index is -0.334. The van der Waals surface area contributed by atoms with E-state index in [2.05, 4.69) is 17.0 Å². The summed E-state index contributed by atoms with van der Waals surface area (Å²) in [5.41, 5.74) is 3.81. The molecule has 2 heterocycles. The Morgan fingerprint density at radius 1 is 1.25 bits per heavy atom. The maximum Gasteiger partial charge on any atom is 0.142 e. The van der Waals surface area contributed by atoms with E-state index >= 15 is 0 Å². The minimum Gasteiger partial charge on any atom is -0.490 e. The maximum absolute atomic E-state index is 9.64. The molecule has 0 saturated carbocycles. The zero-order chi connectivity index (χ0) is 14.1. The highest BCUT2D eigenvalue weighted by Crippen LogP contribution is 2.35. The minimum absolute atomic E-state index is 0.334. The van der Waals surface area contributed by atoms with E-state index in [0.717, 1.165) is 43.9 Å². The monoisotopic (exact) mass is 277 g/mol. The SMILES string of the molecule is C[C@@H](O)CN1CCOc2cc3c(cc21)CCN(N)CC3. The molecule has 1 aromatic carbocycles. The van der Waals surface area contributed by atoms with Crippen molar-refractivity contribution in [1.29, 1.82) is 0 Å². The van der Waals surface area contributed by atoms with Crippen LogP contribution in [0, 0.1) is 0 Å². The number of nitrogens with zero attached hydrogens (tertiary/aromatic N) is 2. The second-order valence-electron chi connectivity index (χ2n) is 5.77. The topological polar surface area (TPSA) is 62.0 Å². The van der Waals surface area contributed by atoms with Gasteiger partial charge in [0.2, 0.25) is 0 Å². The third-order valence-corrected chi connectivity index (χ3v) is 4.06. The molecule has 0 fully saturated rings. The van der Waals surface area contributed by atoms with Crippen molar-refractivity contribution in [3.05, 3.63) is 23.3 Å². The van der Waals surface area contributed by atoms with Gasteiger partial charge in [-0.3, -0.25) is 5.84 Å². The molecule has 3 N–H and O–H groups in total. The first-order valence-electron chi connectivity index (χ1n) is 7.35. The number of ether oxygens (including phenoxy) is 1. The lowest BCUT2D eigenvalue weighted by atomic mass is 10.0. The lowest BCUT2D eigenvalue weighted by molar-refractivity contribution is 0.194. The van der Waals surface area contributed by atoms with Crippen molar-refractivity contribution in [1.82, 2.24) is 5.01 Å². The molecule has 0 aliphatic carbocycles. The van der Waals surface area contributed by atoms with Crippen LogP contribution in [-0.2, 0) is 12.8 Å². The van der Waals surface area contributed by atoms with Gasteiger partial charge in [0.05, 0.1) is 18.3 Å². The van der Waals surface area contributed by atoms with Gasteiger partial charge in [0, 0.05) is 19.6 Å². The van der Waals surface area contributed by atoms with Gasteiger partial charge in [-0.2, -0.15) is 0 Å². The summed E-state index contributed by atoms with van der Waals surface area (Å²) >= 11 is 0. The van der Waals surface area contributed by atoms with Crippen molar-refractivity contribution in [3.8, 4) is 5.75 Å². The van der Waals surface area contributed by atoms with E-state index in [1.165, 1.54) is 11.1 Å². The van der Waals surface area contributed by atoms with Gasteiger partial charge in [-0.1, -0.05) is 0 Å². The van der Waals surface area contributed by atoms with Gasteiger partial charge >= 0.3 is 0 Å². The molecule has 0 bridgehead atoms. The van der Waals surface area contributed by atoms with Crippen molar-refractivity contribution in [2.45, 2.75) is 25.9 Å². The van der Waals surface area contributed by atoms with Crippen LogP contribution < -0.4 is 15.5 Å². The largest absolute Gasteiger partial charge is 0.490 e. The van der Waals surface area contributed by atoms with Crippen molar-refractivity contribution in [3.63, 3.8) is 0 Å². The van der Waals surface area contributed by atoms with E-state index in [-0.39, 0.29) is 6.10 Å². The molecular weight excluding hydrogens is 254 g/mol. The van der Waals surface area contributed by atoms with Gasteiger partial charge in [0.1, 0.15) is 12.4 Å². The van der Waals surface area contributed by atoms with Gasteiger partial charge in [0.15, 0.2) is 0 Å². The predicted octanol–water partition coefficient (Wildman–Crippen LogP) is 0.540. The fourth-order valence-corrected chi connectivity index (χ4v) is 3.02. The van der Waals surface area contributed by atoms with Crippen LogP contribution in [-0.4, -0.2) is 49.0 Å². The summed E-state index contributed by atoms with van der Waals surface area (Å²) < 4.78 is 5.80. The number of fused-ring (bicyclic) bond motifs is 2. The molecule has 2 aliphatic heterocycles. The third-order valence-electron chi connectivity index (χ3n) is 4.06. The van der Waals surface area contributed by atoms with Crippen molar-refractivity contribution >= 4 is 5.69 Å². The molecule has 2 aliphatic rings. The van der Waals surface area contributed by atoms with Crippen molar-refractivity contribution in [2.24, 2.45) is 5.84 Å². The first-order chi connectivity index (χ1) is 9.63. The smallest absolute Gasteiger partial charge is 0.142 e. The molecule has 0 radical (unpaired) electrons. The molecule has 5 heteroatoms. The number of aliphatic hydroxyl groups excluding tert-OH is 1. The average Bonchev–Trinajstić information content (AvgIpc) is 2.59. The van der Waals surface area contributed by atoms with Crippen LogP contribution >= 0.6 is 0 Å². The van der Waals surface area contributed by atoms with E-state index < -0.39 is 0 Å². The molecule has 1 aromatic rings. The first kappa shape index (κ1) is 13.7. The van der Waals surface area contributed by atoms with Crippen LogP contribution in [0.3, 0.4) is 0 Å². The number of hydrogen-bond acceptors (Lipinski definition) is 5. The lowest BCUT2D eigenvalue weighted by Gasteiger charge is -2.33. The molecule has 0 spiro atoms. The van der Waals surface area contributed by atoms with Crippen LogP contribution in [0.2, 0.25) is 0 Å². The van der Waals surface area contributed by atoms with Crippen molar-refractivity contribution in [2.75, 3.05) is 37.7 Å². The van der Waals surface area contributed by atoms with Gasteiger partial charge in [0.25, 0.3) is 0 Å². The second-order valence-corrected chi connectivity index (χ2v) is 5.77. The summed E-state index contributed by atoms with van der Waals surface area (Å²) in [5, 5.41) is 11.5. The first-order valence-corrected chi connectivity index (χ1v) is 7.35. The second kappa shape index (κ2) is 5.60. The average molecular weight is 277 g/mol. The number of rotatable bonds is 2. The van der Waals surface area contributed by atoms with Crippen LogP contribution in [0.15, 0.2) is 12.1 Å². The highest BCUT2D eigenvalue weighted by molar-refractivity contribution is 5.63. The zero-order valence-corrected chi connectivity index (χ0v) is 12.0. The summed E-state index contributed by atoms with van der Waals surface area (Å²) in [5.74, 6) is 6.86. The van der Waals surface area contributed by atoms with E-state index in [4.69, 9.17) is 10.6 Å². The molecule has 110 valence electrons. The fourth-order valence-electron chi connectivity index (χ4n) is 3.02. The standard InChI is InChI=1S/C15H23N3O2/c1-11(19)10-17-6-7-20-15-9-13-3-5-18(16)4-2-12(13)8-14(15)17/h8-9,11,19H,2-7,10,16H2,1H3/t11-/m1/s1. The molecule has 5 nitrogen and oxygen atoms in total. The van der Waals surface area contributed by atoms with Crippen molar-refractivity contribution < 1.29 is 9.84 Å². The fraction of sp³-hybridized carbons (Fsp3) is 0.600. The number of anilines is 1. The molecule has 0 aromatic heterocycles. The zero-order valence-electron chi connectivity index (χ0n) is 12.0. The quantitative estimate of drug-likeness (QED) is 0.773. The van der Waals surface area contributed by atoms with E-state index in [9.17, 15) is 5.11 Å². The molecule has 0 unspecified atom stereocenters. The Bertz CT molecular complexity index is 490. The molecule has 0 saturated heterocycles. The number of β-amino-alcohol motifs (C(OH)–C–C–N with tert-alkyl or cyclic N) is 1. The lowest BCUT2D eigenvalue weighted by Crippen LogP contribution is -2.37. The van der Waals surface area contributed by atoms with E-state index in [0.29, 0.717) is 13.2 Å². The summed E-state index contributed by atoms with van der Waals surface area (Å²) in [6, 6.07) is 4.39. The highest BCUT2D eigenvalue weighted by atomic mass is 16.5. The summed E-state index contributed by atoms with van der Waals surface area (Å²) in [4.78, 5) is 2.22. The third kappa shape index (κ3) is 2.75. The predicted molar refractivity (Wildman–Crippen MR) is 79.0 cm³/mol. The Hall–Kier alpha value is -1.30. The molecule has 20 heavy (non-hydrogen) atoms. The Morgan fingerprint density at radius 3 is 2.65 bits per heavy atom. The number of aliphatic hydroxyl groups is 1. The Kier molecular flexibility index (Phi) is 3.83. The van der Waals surface area contributed by atoms with Gasteiger partial charge in [-0.05, 0) is 43.0 Å². The maximum atomic E-state index is 9.64. The Balaban J connectivity index is 1.93. The van der Waals surface area contributed by atoms with E-state index in [1.807, 2.05) is 11.9 Å². The molecule has 1 atom stereocenters. The summed E-state index contributed by atoms with van der Waals surface area (Å²) in [7, 11) is 0. The van der Waals surface area contributed by atoms with Gasteiger partial charge in [-0.15, -0.1) is 0 Å². The number of nitrogens with two attached hydrogens (primary N) is 1. The molecule has 0 amide bonds.